The van der Waals surface area contributed by atoms with Gasteiger partial charge in [0.25, 0.3) is 5.91 Å². The summed E-state index contributed by atoms with van der Waals surface area (Å²) in [6, 6.07) is 10.4. The zero-order valence-electron chi connectivity index (χ0n) is 12.7. The third-order valence-corrected chi connectivity index (χ3v) is 3.02. The molecule has 6 nitrogen and oxygen atoms in total. The summed E-state index contributed by atoms with van der Waals surface area (Å²) in [5.74, 6) is 0.516. The third kappa shape index (κ3) is 4.08. The minimum Gasteiger partial charge on any atom is -0.497 e. The standard InChI is InChI=1S/C17H15N3O3/c1-22-14-5-6-15(16(9-14)23-2)20-17(21)13(10-18)8-12-4-3-7-19-11-12/h3-9,11H,1-2H3,(H,20,21)/b13-8+. The van der Waals surface area contributed by atoms with Crippen molar-refractivity contribution in [2.75, 3.05) is 19.5 Å². The molecular weight excluding hydrogens is 294 g/mol. The molecule has 1 aromatic heterocycles. The van der Waals surface area contributed by atoms with E-state index in [4.69, 9.17) is 9.47 Å². The molecule has 6 heteroatoms. The Hall–Kier alpha value is -3.33. The van der Waals surface area contributed by atoms with Crippen molar-refractivity contribution >= 4 is 17.7 Å². The molecule has 1 N–H and O–H groups in total. The molecule has 1 heterocycles. The monoisotopic (exact) mass is 309 g/mol. The topological polar surface area (TPSA) is 84.2 Å². The van der Waals surface area contributed by atoms with Gasteiger partial charge in [-0.2, -0.15) is 5.26 Å². The van der Waals surface area contributed by atoms with Gasteiger partial charge in [0, 0.05) is 18.5 Å². The van der Waals surface area contributed by atoms with Gasteiger partial charge in [0.2, 0.25) is 0 Å². The fourth-order valence-corrected chi connectivity index (χ4v) is 1.87. The van der Waals surface area contributed by atoms with Crippen LogP contribution in [0.25, 0.3) is 6.08 Å². The van der Waals surface area contributed by atoms with Gasteiger partial charge in [-0.1, -0.05) is 6.07 Å². The van der Waals surface area contributed by atoms with Crippen LogP contribution in [0.5, 0.6) is 11.5 Å². The van der Waals surface area contributed by atoms with E-state index in [1.807, 2.05) is 6.07 Å². The second-order valence-corrected chi connectivity index (χ2v) is 4.48. The minimum absolute atomic E-state index is 0.0316. The van der Waals surface area contributed by atoms with Crippen molar-refractivity contribution in [3.05, 3.63) is 53.9 Å². The van der Waals surface area contributed by atoms with E-state index in [-0.39, 0.29) is 5.57 Å². The van der Waals surface area contributed by atoms with E-state index in [1.54, 1.807) is 42.7 Å². The first-order valence-corrected chi connectivity index (χ1v) is 6.73. The van der Waals surface area contributed by atoms with Crippen molar-refractivity contribution in [2.45, 2.75) is 0 Å². The molecule has 116 valence electrons. The zero-order chi connectivity index (χ0) is 16.7. The summed E-state index contributed by atoms with van der Waals surface area (Å²) >= 11 is 0. The number of benzene rings is 1. The molecule has 1 aromatic carbocycles. The predicted molar refractivity (Wildman–Crippen MR) is 86.0 cm³/mol. The molecule has 2 aromatic rings. The molecule has 0 aliphatic rings. The van der Waals surface area contributed by atoms with Crippen molar-refractivity contribution in [1.82, 2.24) is 4.98 Å². The lowest BCUT2D eigenvalue weighted by Gasteiger charge is -2.11. The number of anilines is 1. The number of ether oxygens (including phenoxy) is 2. The van der Waals surface area contributed by atoms with E-state index in [2.05, 4.69) is 10.3 Å². The summed E-state index contributed by atoms with van der Waals surface area (Å²) in [4.78, 5) is 16.2. The summed E-state index contributed by atoms with van der Waals surface area (Å²) in [5.41, 5.74) is 1.09. The summed E-state index contributed by atoms with van der Waals surface area (Å²) in [6.07, 6.45) is 4.66. The Labute approximate surface area is 134 Å². The molecule has 0 saturated heterocycles. The van der Waals surface area contributed by atoms with Gasteiger partial charge in [-0.05, 0) is 29.8 Å². The Balaban J connectivity index is 2.24. The second kappa shape index (κ2) is 7.61. The summed E-state index contributed by atoms with van der Waals surface area (Å²) in [7, 11) is 3.03. The molecule has 1 amide bonds. The number of carbonyl (C=O) groups is 1. The number of carbonyl (C=O) groups excluding carboxylic acids is 1. The van der Waals surface area contributed by atoms with Gasteiger partial charge in [-0.3, -0.25) is 9.78 Å². The minimum atomic E-state index is -0.528. The number of amides is 1. The SMILES string of the molecule is COc1ccc(NC(=O)/C(C#N)=C/c2cccnc2)c(OC)c1. The Kier molecular flexibility index (Phi) is 5.31. The van der Waals surface area contributed by atoms with Crippen LogP contribution >= 0.6 is 0 Å². The van der Waals surface area contributed by atoms with Crippen LogP contribution < -0.4 is 14.8 Å². The third-order valence-electron chi connectivity index (χ3n) is 3.02. The molecule has 23 heavy (non-hydrogen) atoms. The number of pyridine rings is 1. The molecular formula is C17H15N3O3. The Morgan fingerprint density at radius 2 is 2.13 bits per heavy atom. The van der Waals surface area contributed by atoms with Crippen molar-refractivity contribution < 1.29 is 14.3 Å². The summed E-state index contributed by atoms with van der Waals surface area (Å²) in [5, 5.41) is 11.8. The average Bonchev–Trinajstić information content (AvgIpc) is 2.60. The summed E-state index contributed by atoms with van der Waals surface area (Å²) < 4.78 is 10.3. The number of methoxy groups -OCH3 is 2. The number of nitrogens with one attached hydrogen (secondary N) is 1. The van der Waals surface area contributed by atoms with Gasteiger partial charge in [0.1, 0.15) is 23.1 Å². The largest absolute Gasteiger partial charge is 0.497 e. The predicted octanol–water partition coefficient (Wildman–Crippen LogP) is 2.64. The van der Waals surface area contributed by atoms with Gasteiger partial charge in [0.15, 0.2) is 0 Å². The highest BCUT2D eigenvalue weighted by molar-refractivity contribution is 6.10. The number of nitrogens with zero attached hydrogens (tertiary/aromatic N) is 2. The van der Waals surface area contributed by atoms with E-state index in [0.29, 0.717) is 22.7 Å². The molecule has 0 aliphatic heterocycles. The molecule has 0 fully saturated rings. The van der Waals surface area contributed by atoms with Crippen molar-refractivity contribution in [2.24, 2.45) is 0 Å². The van der Waals surface area contributed by atoms with Gasteiger partial charge in [-0.25, -0.2) is 0 Å². The quantitative estimate of drug-likeness (QED) is 0.678. The number of rotatable bonds is 5. The Bertz CT molecular complexity index is 764. The van der Waals surface area contributed by atoms with Gasteiger partial charge in [-0.15, -0.1) is 0 Å². The van der Waals surface area contributed by atoms with Gasteiger partial charge >= 0.3 is 0 Å². The fraction of sp³-hybridized carbons (Fsp3) is 0.118. The summed E-state index contributed by atoms with van der Waals surface area (Å²) in [6.45, 7) is 0. The molecule has 2 rings (SSSR count). The molecule has 0 unspecified atom stereocenters. The molecule has 0 radical (unpaired) electrons. The Morgan fingerprint density at radius 3 is 2.74 bits per heavy atom. The normalized spacial score (nSPS) is 10.6. The first kappa shape index (κ1) is 16.0. The second-order valence-electron chi connectivity index (χ2n) is 4.48. The lowest BCUT2D eigenvalue weighted by Crippen LogP contribution is -2.14. The van der Waals surface area contributed by atoms with Crippen molar-refractivity contribution in [3.8, 4) is 17.6 Å². The van der Waals surface area contributed by atoms with Gasteiger partial charge in [0.05, 0.1) is 19.9 Å². The highest BCUT2D eigenvalue weighted by Crippen LogP contribution is 2.29. The lowest BCUT2D eigenvalue weighted by molar-refractivity contribution is -0.112. The van der Waals surface area contributed by atoms with Crippen LogP contribution in [-0.4, -0.2) is 25.1 Å². The highest BCUT2D eigenvalue weighted by atomic mass is 16.5. The van der Waals surface area contributed by atoms with E-state index in [9.17, 15) is 10.1 Å². The van der Waals surface area contributed by atoms with Crippen LogP contribution in [0.3, 0.4) is 0 Å². The average molecular weight is 309 g/mol. The van der Waals surface area contributed by atoms with Crippen molar-refractivity contribution in [3.63, 3.8) is 0 Å². The maximum atomic E-state index is 12.3. The maximum Gasteiger partial charge on any atom is 0.266 e. The first-order valence-electron chi connectivity index (χ1n) is 6.73. The maximum absolute atomic E-state index is 12.3. The van der Waals surface area contributed by atoms with Crippen LogP contribution in [0, 0.1) is 11.3 Å². The number of hydrogen-bond donors (Lipinski definition) is 1. The van der Waals surface area contributed by atoms with Crippen LogP contribution in [0.15, 0.2) is 48.3 Å². The molecule has 0 saturated carbocycles. The lowest BCUT2D eigenvalue weighted by atomic mass is 10.1. The smallest absolute Gasteiger partial charge is 0.266 e. The van der Waals surface area contributed by atoms with E-state index in [0.717, 1.165) is 0 Å². The van der Waals surface area contributed by atoms with E-state index < -0.39 is 5.91 Å². The molecule has 0 aliphatic carbocycles. The zero-order valence-corrected chi connectivity index (χ0v) is 12.7. The number of hydrogen-bond acceptors (Lipinski definition) is 5. The van der Waals surface area contributed by atoms with E-state index in [1.165, 1.54) is 20.3 Å². The Morgan fingerprint density at radius 1 is 1.30 bits per heavy atom. The molecule has 0 bridgehead atoms. The van der Waals surface area contributed by atoms with Crippen molar-refractivity contribution in [1.29, 1.82) is 5.26 Å². The molecule has 0 spiro atoms. The number of nitriles is 1. The highest BCUT2D eigenvalue weighted by Gasteiger charge is 2.13. The number of aromatic nitrogens is 1. The first-order chi connectivity index (χ1) is 11.2. The van der Waals surface area contributed by atoms with Crippen LogP contribution in [-0.2, 0) is 4.79 Å². The van der Waals surface area contributed by atoms with Crippen LogP contribution in [0.1, 0.15) is 5.56 Å². The molecule has 0 atom stereocenters. The van der Waals surface area contributed by atoms with Crippen LogP contribution in [0.4, 0.5) is 5.69 Å². The fourth-order valence-electron chi connectivity index (χ4n) is 1.87. The van der Waals surface area contributed by atoms with Gasteiger partial charge < -0.3 is 14.8 Å². The van der Waals surface area contributed by atoms with Crippen LogP contribution in [0.2, 0.25) is 0 Å². The van der Waals surface area contributed by atoms with E-state index >= 15 is 0 Å².